The third kappa shape index (κ3) is 4.70. The molecule has 0 aromatic heterocycles. The fourth-order valence-electron chi connectivity index (χ4n) is 3.99. The molecule has 146 valence electrons. The van der Waals surface area contributed by atoms with Crippen LogP contribution in [0.25, 0.3) is 11.1 Å². The standard InChI is InChI=1S/C22H24F4O/c1-2-3-14-4-6-15(7-5-14)18-12-13-19(23)21(24)20(18)16-8-10-17(11-9-16)27-22(25)26/h4-7,12-13,16-17,22H,2-3,8-11H2,1H3. The molecule has 3 rings (SSSR count). The lowest BCUT2D eigenvalue weighted by Gasteiger charge is -2.30. The largest absolute Gasteiger partial charge is 0.345 e. The highest BCUT2D eigenvalue weighted by molar-refractivity contribution is 5.68. The van der Waals surface area contributed by atoms with E-state index in [1.54, 1.807) is 6.07 Å². The molecule has 0 radical (unpaired) electrons. The van der Waals surface area contributed by atoms with Crippen LogP contribution in [0, 0.1) is 11.6 Å². The summed E-state index contributed by atoms with van der Waals surface area (Å²) >= 11 is 0. The minimum atomic E-state index is -2.80. The van der Waals surface area contributed by atoms with Gasteiger partial charge in [0, 0.05) is 5.56 Å². The Labute approximate surface area is 157 Å². The zero-order valence-corrected chi connectivity index (χ0v) is 15.4. The number of hydrogen-bond donors (Lipinski definition) is 0. The van der Waals surface area contributed by atoms with Gasteiger partial charge in [-0.15, -0.1) is 0 Å². The molecule has 5 heteroatoms. The van der Waals surface area contributed by atoms with Gasteiger partial charge in [-0.1, -0.05) is 43.7 Å². The molecule has 0 atom stereocenters. The van der Waals surface area contributed by atoms with E-state index >= 15 is 0 Å². The van der Waals surface area contributed by atoms with Gasteiger partial charge in [0.1, 0.15) is 0 Å². The maximum absolute atomic E-state index is 14.7. The van der Waals surface area contributed by atoms with Crippen LogP contribution in [0.4, 0.5) is 17.6 Å². The number of rotatable bonds is 6. The second kappa shape index (κ2) is 8.87. The molecule has 0 heterocycles. The lowest BCUT2D eigenvalue weighted by Crippen LogP contribution is -2.23. The zero-order chi connectivity index (χ0) is 19.4. The molecule has 0 amide bonds. The first-order valence-corrected chi connectivity index (χ1v) is 9.50. The fourth-order valence-corrected chi connectivity index (χ4v) is 3.99. The van der Waals surface area contributed by atoms with Crippen molar-refractivity contribution in [3.05, 3.63) is 59.2 Å². The molecule has 1 aliphatic rings. The minimum absolute atomic E-state index is 0.205. The Morgan fingerprint density at radius 3 is 2.22 bits per heavy atom. The molecule has 0 N–H and O–H groups in total. The third-order valence-corrected chi connectivity index (χ3v) is 5.31. The molecular formula is C22H24F4O. The lowest BCUT2D eigenvalue weighted by atomic mass is 9.79. The smallest absolute Gasteiger partial charge is 0.320 e. The Bertz CT molecular complexity index is 750. The van der Waals surface area contributed by atoms with Gasteiger partial charge in [0.2, 0.25) is 0 Å². The zero-order valence-electron chi connectivity index (χ0n) is 15.4. The molecule has 27 heavy (non-hydrogen) atoms. The normalized spacial score (nSPS) is 20.2. The van der Waals surface area contributed by atoms with Crippen LogP contribution in [0.5, 0.6) is 0 Å². The van der Waals surface area contributed by atoms with E-state index in [0.717, 1.165) is 24.5 Å². The van der Waals surface area contributed by atoms with Crippen molar-refractivity contribution in [3.63, 3.8) is 0 Å². The van der Waals surface area contributed by atoms with Crippen LogP contribution < -0.4 is 0 Å². The Kier molecular flexibility index (Phi) is 6.53. The molecule has 0 aliphatic heterocycles. The monoisotopic (exact) mass is 380 g/mol. The van der Waals surface area contributed by atoms with Crippen molar-refractivity contribution in [3.8, 4) is 11.1 Å². The highest BCUT2D eigenvalue weighted by Gasteiger charge is 2.29. The average Bonchev–Trinajstić information content (AvgIpc) is 2.65. The molecular weight excluding hydrogens is 356 g/mol. The van der Waals surface area contributed by atoms with E-state index in [1.807, 2.05) is 24.3 Å². The Morgan fingerprint density at radius 1 is 0.963 bits per heavy atom. The molecule has 0 unspecified atom stereocenters. The maximum Gasteiger partial charge on any atom is 0.345 e. The molecule has 2 aromatic rings. The minimum Gasteiger partial charge on any atom is -0.320 e. The van der Waals surface area contributed by atoms with Crippen LogP contribution in [0.2, 0.25) is 0 Å². The summed E-state index contributed by atoms with van der Waals surface area (Å²) in [6.07, 6.45) is 3.32. The van der Waals surface area contributed by atoms with Crippen molar-refractivity contribution in [2.24, 2.45) is 0 Å². The Balaban J connectivity index is 1.87. The van der Waals surface area contributed by atoms with Crippen LogP contribution >= 0.6 is 0 Å². The van der Waals surface area contributed by atoms with Crippen LogP contribution in [0.3, 0.4) is 0 Å². The Morgan fingerprint density at radius 2 is 1.63 bits per heavy atom. The summed E-state index contributed by atoms with van der Waals surface area (Å²) in [6.45, 7) is -0.690. The number of hydrogen-bond acceptors (Lipinski definition) is 1. The summed E-state index contributed by atoms with van der Waals surface area (Å²) in [6, 6.07) is 10.7. The first-order valence-electron chi connectivity index (χ1n) is 9.50. The van der Waals surface area contributed by atoms with Crippen molar-refractivity contribution in [2.45, 2.75) is 64.1 Å². The van der Waals surface area contributed by atoms with E-state index < -0.39 is 24.3 Å². The average molecular weight is 380 g/mol. The summed E-state index contributed by atoms with van der Waals surface area (Å²) in [7, 11) is 0. The van der Waals surface area contributed by atoms with Gasteiger partial charge in [-0.05, 0) is 60.8 Å². The molecule has 1 saturated carbocycles. The van der Waals surface area contributed by atoms with Gasteiger partial charge in [-0.3, -0.25) is 0 Å². The molecule has 1 fully saturated rings. The number of alkyl halides is 2. The van der Waals surface area contributed by atoms with Crippen molar-refractivity contribution < 1.29 is 22.3 Å². The van der Waals surface area contributed by atoms with Crippen molar-refractivity contribution in [1.29, 1.82) is 0 Å². The van der Waals surface area contributed by atoms with Crippen LogP contribution in [-0.4, -0.2) is 12.7 Å². The van der Waals surface area contributed by atoms with Crippen molar-refractivity contribution in [2.75, 3.05) is 0 Å². The molecule has 0 saturated heterocycles. The summed E-state index contributed by atoms with van der Waals surface area (Å²) in [5, 5.41) is 0. The first-order chi connectivity index (χ1) is 13.0. The van der Waals surface area contributed by atoms with Gasteiger partial charge in [-0.2, -0.15) is 8.78 Å². The van der Waals surface area contributed by atoms with Crippen LogP contribution in [0.15, 0.2) is 36.4 Å². The van der Waals surface area contributed by atoms with E-state index in [1.165, 1.54) is 5.56 Å². The number of aryl methyl sites for hydroxylation is 1. The van der Waals surface area contributed by atoms with E-state index in [4.69, 9.17) is 0 Å². The predicted octanol–water partition coefficient (Wildman–Crippen LogP) is 6.85. The highest BCUT2D eigenvalue weighted by Crippen LogP contribution is 2.41. The second-order valence-corrected chi connectivity index (χ2v) is 7.14. The summed E-state index contributed by atoms with van der Waals surface area (Å²) in [4.78, 5) is 0. The molecule has 1 aliphatic carbocycles. The van der Waals surface area contributed by atoms with Crippen molar-refractivity contribution in [1.82, 2.24) is 0 Å². The number of halogens is 4. The third-order valence-electron chi connectivity index (χ3n) is 5.31. The lowest BCUT2D eigenvalue weighted by molar-refractivity contribution is -0.170. The van der Waals surface area contributed by atoms with Gasteiger partial charge in [0.25, 0.3) is 0 Å². The highest BCUT2D eigenvalue weighted by atomic mass is 19.3. The van der Waals surface area contributed by atoms with Gasteiger partial charge in [0.15, 0.2) is 11.6 Å². The second-order valence-electron chi connectivity index (χ2n) is 7.14. The van der Waals surface area contributed by atoms with Crippen LogP contribution in [-0.2, 0) is 11.2 Å². The SMILES string of the molecule is CCCc1ccc(-c2ccc(F)c(F)c2C2CCC(OC(F)F)CC2)cc1. The molecule has 0 bridgehead atoms. The van der Waals surface area contributed by atoms with E-state index in [2.05, 4.69) is 11.7 Å². The Hall–Kier alpha value is -1.88. The van der Waals surface area contributed by atoms with Gasteiger partial charge in [-0.25, -0.2) is 8.78 Å². The van der Waals surface area contributed by atoms with Gasteiger partial charge in [0.05, 0.1) is 6.10 Å². The van der Waals surface area contributed by atoms with E-state index in [0.29, 0.717) is 36.8 Å². The molecule has 1 nitrogen and oxygen atoms in total. The van der Waals surface area contributed by atoms with E-state index in [-0.39, 0.29) is 5.92 Å². The molecule has 0 spiro atoms. The quantitative estimate of drug-likeness (QED) is 0.498. The van der Waals surface area contributed by atoms with Gasteiger partial charge >= 0.3 is 6.61 Å². The van der Waals surface area contributed by atoms with Crippen molar-refractivity contribution >= 4 is 0 Å². The van der Waals surface area contributed by atoms with Crippen LogP contribution in [0.1, 0.15) is 56.1 Å². The van der Waals surface area contributed by atoms with E-state index in [9.17, 15) is 17.6 Å². The summed E-state index contributed by atoms with van der Waals surface area (Å²) in [5.41, 5.74) is 3.08. The number of ether oxygens (including phenoxy) is 1. The predicted molar refractivity (Wildman–Crippen MR) is 97.9 cm³/mol. The number of benzene rings is 2. The summed E-state index contributed by atoms with van der Waals surface area (Å²) < 4.78 is 58.0. The summed E-state index contributed by atoms with van der Waals surface area (Å²) in [5.74, 6) is -1.91. The molecule has 2 aromatic carbocycles. The fraction of sp³-hybridized carbons (Fsp3) is 0.455. The first kappa shape index (κ1) is 19.9. The topological polar surface area (TPSA) is 9.23 Å². The maximum atomic E-state index is 14.7. The van der Waals surface area contributed by atoms with Gasteiger partial charge < -0.3 is 4.74 Å².